The van der Waals surface area contributed by atoms with Crippen LogP contribution in [-0.2, 0) is 11.3 Å². The number of carbonyl (C=O) groups is 1. The highest BCUT2D eigenvalue weighted by Gasteiger charge is 2.19. The van der Waals surface area contributed by atoms with Crippen molar-refractivity contribution in [1.82, 2.24) is 14.9 Å². The SMILES string of the molecule is CC(C)(C)NC(=O)Cn1c(-c2cccc(Cl)c2)nc2ccc(/C=C/CCO)cc2c1=O. The number of hydrogen-bond acceptors (Lipinski definition) is 4. The molecule has 0 aliphatic heterocycles. The molecular formula is C24H26ClN3O3. The largest absolute Gasteiger partial charge is 0.396 e. The van der Waals surface area contributed by atoms with Gasteiger partial charge in [0.25, 0.3) is 5.56 Å². The van der Waals surface area contributed by atoms with E-state index in [1.165, 1.54) is 4.57 Å². The summed E-state index contributed by atoms with van der Waals surface area (Å²) in [4.78, 5) is 30.8. The minimum absolute atomic E-state index is 0.0598. The third-order valence-corrected chi connectivity index (χ3v) is 4.72. The Morgan fingerprint density at radius 1 is 1.23 bits per heavy atom. The first-order chi connectivity index (χ1) is 14.7. The van der Waals surface area contributed by atoms with Crippen LogP contribution in [0.3, 0.4) is 0 Å². The van der Waals surface area contributed by atoms with Crippen LogP contribution in [-0.4, -0.2) is 32.7 Å². The van der Waals surface area contributed by atoms with Crippen LogP contribution in [0.5, 0.6) is 0 Å². The molecule has 0 fully saturated rings. The minimum Gasteiger partial charge on any atom is -0.396 e. The maximum absolute atomic E-state index is 13.4. The van der Waals surface area contributed by atoms with E-state index in [4.69, 9.17) is 21.7 Å². The number of carbonyl (C=O) groups excluding carboxylic acids is 1. The summed E-state index contributed by atoms with van der Waals surface area (Å²) in [7, 11) is 0. The predicted molar refractivity (Wildman–Crippen MR) is 125 cm³/mol. The van der Waals surface area contributed by atoms with Gasteiger partial charge in [-0.05, 0) is 57.0 Å². The number of rotatable bonds is 6. The molecule has 1 aromatic heterocycles. The van der Waals surface area contributed by atoms with Crippen molar-refractivity contribution in [3.63, 3.8) is 0 Å². The number of nitrogens with one attached hydrogen (secondary N) is 1. The molecule has 162 valence electrons. The highest BCUT2D eigenvalue weighted by atomic mass is 35.5. The maximum Gasteiger partial charge on any atom is 0.262 e. The van der Waals surface area contributed by atoms with E-state index < -0.39 is 5.54 Å². The van der Waals surface area contributed by atoms with E-state index in [-0.39, 0.29) is 24.6 Å². The smallest absolute Gasteiger partial charge is 0.262 e. The first-order valence-corrected chi connectivity index (χ1v) is 10.4. The van der Waals surface area contributed by atoms with E-state index in [2.05, 4.69) is 5.32 Å². The van der Waals surface area contributed by atoms with Gasteiger partial charge in [0.15, 0.2) is 0 Å². The van der Waals surface area contributed by atoms with Crippen LogP contribution in [0, 0.1) is 0 Å². The number of amides is 1. The Labute approximate surface area is 186 Å². The van der Waals surface area contributed by atoms with E-state index in [0.717, 1.165) is 5.56 Å². The highest BCUT2D eigenvalue weighted by molar-refractivity contribution is 6.30. The first kappa shape index (κ1) is 22.7. The van der Waals surface area contributed by atoms with Crippen LogP contribution in [0.4, 0.5) is 0 Å². The molecule has 31 heavy (non-hydrogen) atoms. The molecule has 7 heteroatoms. The third kappa shape index (κ3) is 5.81. The quantitative estimate of drug-likeness (QED) is 0.607. The molecule has 0 aliphatic carbocycles. The molecule has 0 aliphatic rings. The van der Waals surface area contributed by atoms with Crippen molar-refractivity contribution < 1.29 is 9.90 Å². The van der Waals surface area contributed by atoms with Crippen molar-refractivity contribution in [3.8, 4) is 11.4 Å². The fourth-order valence-electron chi connectivity index (χ4n) is 3.23. The summed E-state index contributed by atoms with van der Waals surface area (Å²) in [6, 6.07) is 12.4. The van der Waals surface area contributed by atoms with Gasteiger partial charge >= 0.3 is 0 Å². The fourth-order valence-corrected chi connectivity index (χ4v) is 3.42. The van der Waals surface area contributed by atoms with E-state index in [1.54, 1.807) is 30.3 Å². The summed E-state index contributed by atoms with van der Waals surface area (Å²) < 4.78 is 1.39. The van der Waals surface area contributed by atoms with Crippen LogP contribution in [0.2, 0.25) is 5.02 Å². The number of halogens is 1. The van der Waals surface area contributed by atoms with Crippen LogP contribution in [0.1, 0.15) is 32.8 Å². The molecule has 1 heterocycles. The van der Waals surface area contributed by atoms with Gasteiger partial charge in [-0.2, -0.15) is 0 Å². The summed E-state index contributed by atoms with van der Waals surface area (Å²) in [5.41, 5.74) is 1.28. The lowest BCUT2D eigenvalue weighted by Gasteiger charge is -2.21. The number of benzene rings is 2. The lowest BCUT2D eigenvalue weighted by atomic mass is 10.1. The number of aliphatic hydroxyl groups excluding tert-OH is 1. The van der Waals surface area contributed by atoms with Gasteiger partial charge in [0.05, 0.1) is 10.9 Å². The molecule has 0 atom stereocenters. The summed E-state index contributed by atoms with van der Waals surface area (Å²) in [5, 5.41) is 12.8. The van der Waals surface area contributed by atoms with E-state index >= 15 is 0 Å². The van der Waals surface area contributed by atoms with Gasteiger partial charge in [0, 0.05) is 22.7 Å². The molecule has 0 unspecified atom stereocenters. The molecule has 0 radical (unpaired) electrons. The summed E-state index contributed by atoms with van der Waals surface area (Å²) in [6.45, 7) is 5.55. The monoisotopic (exact) mass is 439 g/mol. The van der Waals surface area contributed by atoms with Crippen LogP contribution in [0.15, 0.2) is 53.3 Å². The number of aromatic nitrogens is 2. The summed E-state index contributed by atoms with van der Waals surface area (Å²) in [6.07, 6.45) is 4.21. The summed E-state index contributed by atoms with van der Waals surface area (Å²) in [5.74, 6) is 0.102. The Morgan fingerprint density at radius 3 is 2.68 bits per heavy atom. The molecule has 0 saturated carbocycles. The number of hydrogen-bond donors (Lipinski definition) is 2. The zero-order valence-corrected chi connectivity index (χ0v) is 18.6. The Morgan fingerprint density at radius 2 is 2.00 bits per heavy atom. The Balaban J connectivity index is 2.17. The number of fused-ring (bicyclic) bond motifs is 1. The Bertz CT molecular complexity index is 1190. The number of aliphatic hydroxyl groups is 1. The molecule has 3 rings (SSSR count). The van der Waals surface area contributed by atoms with Crippen molar-refractivity contribution >= 4 is 34.5 Å². The fraction of sp³-hybridized carbons (Fsp3) is 0.292. The summed E-state index contributed by atoms with van der Waals surface area (Å²) >= 11 is 6.16. The van der Waals surface area contributed by atoms with Crippen molar-refractivity contribution in [2.45, 2.75) is 39.3 Å². The maximum atomic E-state index is 13.4. The van der Waals surface area contributed by atoms with E-state index in [9.17, 15) is 9.59 Å². The van der Waals surface area contributed by atoms with Gasteiger partial charge < -0.3 is 10.4 Å². The first-order valence-electron chi connectivity index (χ1n) is 10.1. The minimum atomic E-state index is -0.425. The van der Waals surface area contributed by atoms with Gasteiger partial charge in [0.2, 0.25) is 5.91 Å². The van der Waals surface area contributed by atoms with Crippen molar-refractivity contribution in [3.05, 3.63) is 69.5 Å². The predicted octanol–water partition coefficient (Wildman–Crippen LogP) is 4.03. The Kier molecular flexibility index (Phi) is 6.93. The standard InChI is InChI=1S/C24H26ClN3O3/c1-24(2,3)27-21(30)15-28-22(17-8-6-9-18(25)14-17)26-20-11-10-16(7-4-5-12-29)13-19(20)23(28)31/h4,6-11,13-14,29H,5,12,15H2,1-3H3,(H,27,30)/b7-4+. The zero-order valence-electron chi connectivity index (χ0n) is 17.9. The molecule has 2 aromatic carbocycles. The van der Waals surface area contributed by atoms with Crippen molar-refractivity contribution in [1.29, 1.82) is 0 Å². The number of nitrogens with zero attached hydrogens (tertiary/aromatic N) is 2. The molecule has 0 spiro atoms. The molecule has 2 N–H and O–H groups in total. The van der Waals surface area contributed by atoms with Crippen molar-refractivity contribution in [2.24, 2.45) is 0 Å². The third-order valence-electron chi connectivity index (χ3n) is 4.48. The van der Waals surface area contributed by atoms with Gasteiger partial charge in [0.1, 0.15) is 12.4 Å². The van der Waals surface area contributed by atoms with Gasteiger partial charge in [-0.3, -0.25) is 14.2 Å². The van der Waals surface area contributed by atoms with E-state index in [1.807, 2.05) is 45.1 Å². The molecule has 6 nitrogen and oxygen atoms in total. The average Bonchev–Trinajstić information content (AvgIpc) is 2.69. The van der Waals surface area contributed by atoms with E-state index in [0.29, 0.717) is 33.7 Å². The second-order valence-electron chi connectivity index (χ2n) is 8.33. The zero-order chi connectivity index (χ0) is 22.6. The second kappa shape index (κ2) is 9.45. The molecule has 0 saturated heterocycles. The normalized spacial score (nSPS) is 11.9. The van der Waals surface area contributed by atoms with Gasteiger partial charge in [-0.1, -0.05) is 42.0 Å². The molecule has 0 bridgehead atoms. The van der Waals surface area contributed by atoms with Crippen LogP contribution in [0.25, 0.3) is 28.4 Å². The van der Waals surface area contributed by atoms with Crippen LogP contribution >= 0.6 is 11.6 Å². The second-order valence-corrected chi connectivity index (χ2v) is 8.76. The topological polar surface area (TPSA) is 84.2 Å². The van der Waals surface area contributed by atoms with Crippen molar-refractivity contribution in [2.75, 3.05) is 6.61 Å². The van der Waals surface area contributed by atoms with Gasteiger partial charge in [-0.15, -0.1) is 0 Å². The molecular weight excluding hydrogens is 414 g/mol. The molecule has 3 aromatic rings. The lowest BCUT2D eigenvalue weighted by Crippen LogP contribution is -2.43. The van der Waals surface area contributed by atoms with Crippen LogP contribution < -0.4 is 10.9 Å². The lowest BCUT2D eigenvalue weighted by molar-refractivity contribution is -0.123. The Hall–Kier alpha value is -2.96. The molecule has 1 amide bonds. The van der Waals surface area contributed by atoms with Gasteiger partial charge in [-0.25, -0.2) is 4.98 Å². The average molecular weight is 440 g/mol. The highest BCUT2D eigenvalue weighted by Crippen LogP contribution is 2.23.